The van der Waals surface area contributed by atoms with Gasteiger partial charge in [-0.3, -0.25) is 9.48 Å². The van der Waals surface area contributed by atoms with Crippen LogP contribution in [0.4, 0.5) is 11.4 Å². The highest BCUT2D eigenvalue weighted by Gasteiger charge is 2.15. The van der Waals surface area contributed by atoms with Crippen molar-refractivity contribution in [3.8, 4) is 0 Å². The summed E-state index contributed by atoms with van der Waals surface area (Å²) in [7, 11) is 5.92. The van der Waals surface area contributed by atoms with Crippen LogP contribution in [0.2, 0.25) is 0 Å². The quantitative estimate of drug-likeness (QED) is 0.799. The molecule has 0 spiro atoms. The lowest BCUT2D eigenvalue weighted by atomic mass is 10.1. The van der Waals surface area contributed by atoms with Crippen LogP contribution < -0.4 is 10.2 Å². The SMILES string of the molecule is Cc1cc(NC(=O)c2cc3c(C)nn(C)c3s2)ccc1N(C)C. The Labute approximate surface area is 139 Å². The molecule has 0 saturated heterocycles. The molecule has 1 amide bonds. The largest absolute Gasteiger partial charge is 0.377 e. The van der Waals surface area contributed by atoms with Crippen LogP contribution in [-0.2, 0) is 7.05 Å². The van der Waals surface area contributed by atoms with Gasteiger partial charge in [0.1, 0.15) is 4.83 Å². The number of carbonyl (C=O) groups excluding carboxylic acids is 1. The molecule has 1 N–H and O–H groups in total. The van der Waals surface area contributed by atoms with Gasteiger partial charge in [-0.15, -0.1) is 11.3 Å². The number of thiophene rings is 1. The second-order valence-electron chi connectivity index (χ2n) is 5.89. The van der Waals surface area contributed by atoms with Gasteiger partial charge in [0.05, 0.1) is 10.6 Å². The van der Waals surface area contributed by atoms with Crippen LogP contribution in [-0.4, -0.2) is 29.8 Å². The second kappa shape index (κ2) is 5.70. The zero-order chi connectivity index (χ0) is 16.7. The Balaban J connectivity index is 1.85. The third kappa shape index (κ3) is 2.82. The van der Waals surface area contributed by atoms with Gasteiger partial charge in [0, 0.05) is 37.9 Å². The molecule has 0 fully saturated rings. The first-order chi connectivity index (χ1) is 10.9. The van der Waals surface area contributed by atoms with Gasteiger partial charge in [-0.1, -0.05) is 0 Å². The van der Waals surface area contributed by atoms with E-state index in [4.69, 9.17) is 0 Å². The maximum absolute atomic E-state index is 12.5. The van der Waals surface area contributed by atoms with Crippen molar-refractivity contribution < 1.29 is 4.79 Å². The highest BCUT2D eigenvalue weighted by molar-refractivity contribution is 7.20. The number of fused-ring (bicyclic) bond motifs is 1. The first kappa shape index (κ1) is 15.6. The molecule has 2 aromatic heterocycles. The molecule has 2 heterocycles. The standard InChI is InChI=1S/C17H20N4OS/c1-10-8-12(6-7-14(10)20(3)4)18-16(22)15-9-13-11(2)19-21(5)17(13)23-15/h6-9H,1-5H3,(H,18,22). The van der Waals surface area contributed by atoms with E-state index >= 15 is 0 Å². The van der Waals surface area contributed by atoms with E-state index in [1.807, 2.05) is 63.9 Å². The molecule has 6 heteroatoms. The third-order valence-corrected chi connectivity index (χ3v) is 5.06. The summed E-state index contributed by atoms with van der Waals surface area (Å²) in [6.07, 6.45) is 0. The fourth-order valence-corrected chi connectivity index (χ4v) is 3.76. The van der Waals surface area contributed by atoms with Crippen LogP contribution >= 0.6 is 11.3 Å². The highest BCUT2D eigenvalue weighted by atomic mass is 32.1. The monoisotopic (exact) mass is 328 g/mol. The van der Waals surface area contributed by atoms with E-state index in [1.54, 1.807) is 0 Å². The van der Waals surface area contributed by atoms with Gasteiger partial charge in [-0.05, 0) is 43.7 Å². The minimum atomic E-state index is -0.0809. The van der Waals surface area contributed by atoms with Crippen LogP contribution in [0.25, 0.3) is 10.2 Å². The lowest BCUT2D eigenvalue weighted by Crippen LogP contribution is -2.12. The summed E-state index contributed by atoms with van der Waals surface area (Å²) >= 11 is 1.46. The van der Waals surface area contributed by atoms with E-state index in [2.05, 4.69) is 15.3 Å². The fourth-order valence-electron chi connectivity index (χ4n) is 2.74. The molecule has 0 aliphatic heterocycles. The number of nitrogens with zero attached hydrogens (tertiary/aromatic N) is 3. The Hall–Kier alpha value is -2.34. The number of aromatic nitrogens is 2. The van der Waals surface area contributed by atoms with Crippen molar-refractivity contribution in [1.29, 1.82) is 0 Å². The number of hydrogen-bond donors (Lipinski definition) is 1. The predicted molar refractivity (Wildman–Crippen MR) is 96.8 cm³/mol. The zero-order valence-electron chi connectivity index (χ0n) is 14.0. The molecule has 5 nitrogen and oxygen atoms in total. The number of amides is 1. The second-order valence-corrected chi connectivity index (χ2v) is 6.92. The number of rotatable bonds is 3. The van der Waals surface area contributed by atoms with Gasteiger partial charge in [-0.25, -0.2) is 0 Å². The summed E-state index contributed by atoms with van der Waals surface area (Å²) < 4.78 is 1.82. The maximum atomic E-state index is 12.5. The first-order valence-corrected chi connectivity index (χ1v) is 8.21. The Morgan fingerprint density at radius 2 is 2.00 bits per heavy atom. The van der Waals surface area contributed by atoms with Gasteiger partial charge < -0.3 is 10.2 Å². The molecular weight excluding hydrogens is 308 g/mol. The third-order valence-electron chi connectivity index (χ3n) is 3.86. The van der Waals surface area contributed by atoms with Crippen molar-refractivity contribution >= 4 is 38.8 Å². The molecule has 0 radical (unpaired) electrons. The minimum absolute atomic E-state index is 0.0809. The Bertz CT molecular complexity index is 857. The summed E-state index contributed by atoms with van der Waals surface area (Å²) in [6.45, 7) is 4.00. The topological polar surface area (TPSA) is 50.2 Å². The molecular formula is C17H20N4OS. The van der Waals surface area contributed by atoms with E-state index in [1.165, 1.54) is 11.3 Å². The van der Waals surface area contributed by atoms with Crippen molar-refractivity contribution in [2.75, 3.05) is 24.3 Å². The van der Waals surface area contributed by atoms with Crippen LogP contribution in [0.1, 0.15) is 20.9 Å². The fraction of sp³-hybridized carbons (Fsp3) is 0.294. The number of hydrogen-bond acceptors (Lipinski definition) is 4. The molecule has 0 unspecified atom stereocenters. The lowest BCUT2D eigenvalue weighted by Gasteiger charge is -2.16. The Morgan fingerprint density at radius 1 is 1.26 bits per heavy atom. The van der Waals surface area contributed by atoms with Gasteiger partial charge >= 0.3 is 0 Å². The summed E-state index contributed by atoms with van der Waals surface area (Å²) in [5, 5.41) is 8.38. The van der Waals surface area contributed by atoms with Gasteiger partial charge in [0.2, 0.25) is 0 Å². The molecule has 0 atom stereocenters. The molecule has 1 aromatic carbocycles. The number of anilines is 2. The maximum Gasteiger partial charge on any atom is 0.265 e. The van der Waals surface area contributed by atoms with E-state index in [9.17, 15) is 4.79 Å². The first-order valence-electron chi connectivity index (χ1n) is 7.39. The number of carbonyl (C=O) groups is 1. The average Bonchev–Trinajstić information content (AvgIpc) is 3.01. The molecule has 3 aromatic rings. The smallest absolute Gasteiger partial charge is 0.265 e. The highest BCUT2D eigenvalue weighted by Crippen LogP contribution is 2.28. The van der Waals surface area contributed by atoms with Crippen LogP contribution in [0.5, 0.6) is 0 Å². The van der Waals surface area contributed by atoms with Crippen molar-refractivity contribution in [2.45, 2.75) is 13.8 Å². The van der Waals surface area contributed by atoms with E-state index < -0.39 is 0 Å². The predicted octanol–water partition coefficient (Wildman–Crippen LogP) is 3.57. The molecule has 120 valence electrons. The van der Waals surface area contributed by atoms with Crippen LogP contribution in [0.15, 0.2) is 24.3 Å². The normalized spacial score (nSPS) is 11.0. The zero-order valence-corrected chi connectivity index (χ0v) is 14.8. The van der Waals surface area contributed by atoms with E-state index in [0.29, 0.717) is 4.88 Å². The molecule has 0 saturated carbocycles. The summed E-state index contributed by atoms with van der Waals surface area (Å²) in [6, 6.07) is 7.86. The summed E-state index contributed by atoms with van der Waals surface area (Å²) in [5.41, 5.74) is 4.03. The lowest BCUT2D eigenvalue weighted by molar-refractivity contribution is 0.103. The van der Waals surface area contributed by atoms with Crippen LogP contribution in [0.3, 0.4) is 0 Å². The van der Waals surface area contributed by atoms with Crippen molar-refractivity contribution in [3.05, 3.63) is 40.4 Å². The van der Waals surface area contributed by atoms with Crippen molar-refractivity contribution in [2.24, 2.45) is 7.05 Å². The van der Waals surface area contributed by atoms with Crippen LogP contribution in [0, 0.1) is 13.8 Å². The number of benzene rings is 1. The van der Waals surface area contributed by atoms with Gasteiger partial charge in [0.25, 0.3) is 5.91 Å². The Morgan fingerprint density at radius 3 is 2.61 bits per heavy atom. The van der Waals surface area contributed by atoms with E-state index in [0.717, 1.165) is 32.8 Å². The molecule has 0 aliphatic rings. The molecule has 3 rings (SSSR count). The van der Waals surface area contributed by atoms with Gasteiger partial charge in [-0.2, -0.15) is 5.10 Å². The average molecular weight is 328 g/mol. The summed E-state index contributed by atoms with van der Waals surface area (Å²) in [4.78, 5) is 16.3. The van der Waals surface area contributed by atoms with Gasteiger partial charge in [0.15, 0.2) is 0 Å². The summed E-state index contributed by atoms with van der Waals surface area (Å²) in [5.74, 6) is -0.0809. The minimum Gasteiger partial charge on any atom is -0.377 e. The van der Waals surface area contributed by atoms with Crippen molar-refractivity contribution in [1.82, 2.24) is 9.78 Å². The Kier molecular flexibility index (Phi) is 3.85. The van der Waals surface area contributed by atoms with E-state index in [-0.39, 0.29) is 5.91 Å². The van der Waals surface area contributed by atoms with Crippen molar-refractivity contribution in [3.63, 3.8) is 0 Å². The molecule has 0 aliphatic carbocycles. The number of aryl methyl sites for hydroxylation is 3. The molecule has 0 bridgehead atoms. The molecule has 23 heavy (non-hydrogen) atoms. The number of nitrogens with one attached hydrogen (secondary N) is 1.